The van der Waals surface area contributed by atoms with Gasteiger partial charge in [0.2, 0.25) is 5.91 Å². The molecule has 2 aliphatic heterocycles. The van der Waals surface area contributed by atoms with E-state index in [1.54, 1.807) is 11.9 Å². The molecule has 2 fully saturated rings. The third kappa shape index (κ3) is 6.67. The highest BCUT2D eigenvalue weighted by atomic mass is 32.1. The van der Waals surface area contributed by atoms with Crippen molar-refractivity contribution in [2.24, 2.45) is 5.92 Å². The number of esters is 1. The SMILES string of the molecule is CN(C[C@H]1CCN(C(=O)[C@@H]2C[C@H](S)CN2C)C1)C(=N)CC(=O)OCc1ccc([N+](=O)[O-])cc1. The van der Waals surface area contributed by atoms with Gasteiger partial charge in [0.1, 0.15) is 18.9 Å². The number of hydrogen-bond donors (Lipinski definition) is 2. The Labute approximate surface area is 198 Å². The van der Waals surface area contributed by atoms with Crippen LogP contribution in [0.1, 0.15) is 24.8 Å². The van der Waals surface area contributed by atoms with Gasteiger partial charge in [0, 0.05) is 50.6 Å². The third-order valence-corrected chi connectivity index (χ3v) is 6.63. The van der Waals surface area contributed by atoms with Crippen LogP contribution in [0.5, 0.6) is 0 Å². The number of likely N-dealkylation sites (N-methyl/N-ethyl adjacent to an activating group) is 1. The molecule has 1 aromatic rings. The molecule has 0 spiro atoms. The van der Waals surface area contributed by atoms with Crippen LogP contribution in [0.25, 0.3) is 0 Å². The predicted octanol–water partition coefficient (Wildman–Crippen LogP) is 1.79. The minimum Gasteiger partial charge on any atom is -0.460 e. The first-order chi connectivity index (χ1) is 15.6. The Hall–Kier alpha value is -2.66. The summed E-state index contributed by atoms with van der Waals surface area (Å²) in [6, 6.07) is 5.69. The fraction of sp³-hybridized carbons (Fsp3) is 0.591. The van der Waals surface area contributed by atoms with E-state index in [1.165, 1.54) is 24.3 Å². The Morgan fingerprint density at radius 3 is 2.61 bits per heavy atom. The van der Waals surface area contributed by atoms with Gasteiger partial charge in [-0.1, -0.05) is 0 Å². The first kappa shape index (κ1) is 25.0. The number of non-ortho nitro benzene ring substituents is 1. The van der Waals surface area contributed by atoms with Gasteiger partial charge in [-0.05, 0) is 43.5 Å². The van der Waals surface area contributed by atoms with Crippen molar-refractivity contribution in [2.75, 3.05) is 40.3 Å². The van der Waals surface area contributed by atoms with Crippen molar-refractivity contribution in [3.8, 4) is 0 Å². The largest absolute Gasteiger partial charge is 0.460 e. The van der Waals surface area contributed by atoms with Crippen molar-refractivity contribution in [1.82, 2.24) is 14.7 Å². The van der Waals surface area contributed by atoms with Gasteiger partial charge in [-0.25, -0.2) is 0 Å². The number of likely N-dealkylation sites (tertiary alicyclic amines) is 2. The van der Waals surface area contributed by atoms with Crippen LogP contribution < -0.4 is 0 Å². The molecule has 2 saturated heterocycles. The lowest BCUT2D eigenvalue weighted by Gasteiger charge is -2.26. The normalized spacial score (nSPS) is 22.9. The number of thiol groups is 1. The number of amidine groups is 1. The number of ether oxygens (including phenoxy) is 1. The van der Waals surface area contributed by atoms with E-state index in [2.05, 4.69) is 17.5 Å². The first-order valence-corrected chi connectivity index (χ1v) is 11.5. The zero-order chi connectivity index (χ0) is 24.1. The second-order valence-corrected chi connectivity index (χ2v) is 9.60. The van der Waals surface area contributed by atoms with Crippen LogP contribution in [-0.2, 0) is 20.9 Å². The summed E-state index contributed by atoms with van der Waals surface area (Å²) >= 11 is 4.50. The van der Waals surface area contributed by atoms with Crippen molar-refractivity contribution in [1.29, 1.82) is 5.41 Å². The summed E-state index contributed by atoms with van der Waals surface area (Å²) in [4.78, 5) is 40.9. The van der Waals surface area contributed by atoms with Crippen molar-refractivity contribution >= 4 is 36.0 Å². The van der Waals surface area contributed by atoms with Gasteiger partial charge in [-0.2, -0.15) is 12.6 Å². The van der Waals surface area contributed by atoms with Gasteiger partial charge < -0.3 is 14.5 Å². The summed E-state index contributed by atoms with van der Waals surface area (Å²) in [7, 11) is 3.73. The molecule has 0 aromatic heterocycles. The molecule has 2 heterocycles. The molecule has 3 atom stereocenters. The lowest BCUT2D eigenvalue weighted by molar-refractivity contribution is -0.384. The van der Waals surface area contributed by atoms with Gasteiger partial charge in [0.25, 0.3) is 5.69 Å². The van der Waals surface area contributed by atoms with E-state index in [0.29, 0.717) is 25.2 Å². The number of nitrogens with one attached hydrogen (secondary N) is 1. The number of carbonyl (C=O) groups excluding carboxylic acids is 2. The van der Waals surface area contributed by atoms with E-state index in [1.807, 2.05) is 11.9 Å². The average Bonchev–Trinajstić information content (AvgIpc) is 3.37. The van der Waals surface area contributed by atoms with E-state index in [0.717, 1.165) is 19.4 Å². The van der Waals surface area contributed by atoms with Gasteiger partial charge in [-0.15, -0.1) is 0 Å². The maximum absolute atomic E-state index is 12.9. The molecule has 3 rings (SSSR count). The summed E-state index contributed by atoms with van der Waals surface area (Å²) < 4.78 is 5.20. The van der Waals surface area contributed by atoms with E-state index < -0.39 is 10.9 Å². The molecule has 1 amide bonds. The molecule has 180 valence electrons. The van der Waals surface area contributed by atoms with Crippen molar-refractivity contribution in [2.45, 2.75) is 37.2 Å². The van der Waals surface area contributed by atoms with Crippen LogP contribution in [0.2, 0.25) is 0 Å². The molecule has 1 aromatic carbocycles. The van der Waals surface area contributed by atoms with E-state index in [9.17, 15) is 19.7 Å². The predicted molar refractivity (Wildman–Crippen MR) is 126 cm³/mol. The second-order valence-electron chi connectivity index (χ2n) is 8.87. The number of carbonyl (C=O) groups is 2. The van der Waals surface area contributed by atoms with Gasteiger partial charge in [0.15, 0.2) is 0 Å². The topological polar surface area (TPSA) is 120 Å². The molecule has 0 unspecified atom stereocenters. The Kier molecular flexibility index (Phi) is 8.30. The zero-order valence-corrected chi connectivity index (χ0v) is 19.9. The molecule has 10 nitrogen and oxygen atoms in total. The summed E-state index contributed by atoms with van der Waals surface area (Å²) in [5, 5.41) is 19.1. The molecule has 0 saturated carbocycles. The Morgan fingerprint density at radius 2 is 2.00 bits per heavy atom. The number of nitrogens with zero attached hydrogens (tertiary/aromatic N) is 4. The molecule has 0 bridgehead atoms. The summed E-state index contributed by atoms with van der Waals surface area (Å²) in [5.41, 5.74) is 0.614. The van der Waals surface area contributed by atoms with Gasteiger partial charge in [-0.3, -0.25) is 30.0 Å². The summed E-state index contributed by atoms with van der Waals surface area (Å²) in [5.74, 6) is 0.0268. The van der Waals surface area contributed by atoms with E-state index >= 15 is 0 Å². The van der Waals surface area contributed by atoms with E-state index in [4.69, 9.17) is 10.1 Å². The average molecular weight is 478 g/mol. The molecule has 33 heavy (non-hydrogen) atoms. The highest BCUT2D eigenvalue weighted by Gasteiger charge is 2.38. The van der Waals surface area contributed by atoms with Crippen LogP contribution in [0.4, 0.5) is 5.69 Å². The summed E-state index contributed by atoms with van der Waals surface area (Å²) in [6.07, 6.45) is 1.48. The van der Waals surface area contributed by atoms with Crippen molar-refractivity contribution in [3.05, 3.63) is 39.9 Å². The zero-order valence-electron chi connectivity index (χ0n) is 19.0. The first-order valence-electron chi connectivity index (χ1n) is 11.0. The second kappa shape index (κ2) is 11.0. The highest BCUT2D eigenvalue weighted by Crippen LogP contribution is 2.25. The smallest absolute Gasteiger partial charge is 0.313 e. The lowest BCUT2D eigenvalue weighted by Crippen LogP contribution is -2.43. The number of rotatable bonds is 8. The molecule has 1 N–H and O–H groups in total. The van der Waals surface area contributed by atoms with Gasteiger partial charge in [0.05, 0.1) is 11.0 Å². The van der Waals surface area contributed by atoms with Crippen LogP contribution in [0.3, 0.4) is 0 Å². The number of nitro groups is 1. The maximum atomic E-state index is 12.9. The minimum atomic E-state index is -0.529. The summed E-state index contributed by atoms with van der Waals surface area (Å²) in [6.45, 7) is 2.77. The van der Waals surface area contributed by atoms with Crippen molar-refractivity contribution in [3.63, 3.8) is 0 Å². The fourth-order valence-corrected chi connectivity index (χ4v) is 4.81. The van der Waals surface area contributed by atoms with Crippen LogP contribution in [-0.4, -0.2) is 88.9 Å². The fourth-order valence-electron chi connectivity index (χ4n) is 4.35. The third-order valence-electron chi connectivity index (χ3n) is 6.26. The monoisotopic (exact) mass is 477 g/mol. The lowest BCUT2D eigenvalue weighted by atomic mass is 10.1. The van der Waals surface area contributed by atoms with Crippen LogP contribution >= 0.6 is 12.6 Å². The van der Waals surface area contributed by atoms with Gasteiger partial charge >= 0.3 is 5.97 Å². The molecule has 0 aliphatic carbocycles. The standard InChI is InChI=1S/C22H31N5O5S/c1-24-13-18(33)9-19(24)22(29)26-8-7-16(12-26)11-25(2)20(23)10-21(28)32-14-15-3-5-17(6-4-15)27(30)31/h3-6,16,18-19,23,33H,7-14H2,1-2H3/t16-,18+,19+/m1/s1. The van der Waals surface area contributed by atoms with Crippen LogP contribution in [0, 0.1) is 21.4 Å². The number of benzene rings is 1. The number of amides is 1. The number of hydrogen-bond acceptors (Lipinski definition) is 8. The Balaban J connectivity index is 1.39. The molecular weight excluding hydrogens is 446 g/mol. The quantitative estimate of drug-likeness (QED) is 0.146. The van der Waals surface area contributed by atoms with Crippen LogP contribution in [0.15, 0.2) is 24.3 Å². The Morgan fingerprint density at radius 1 is 1.30 bits per heavy atom. The molecular formula is C22H31N5O5S. The molecule has 0 radical (unpaired) electrons. The number of nitro benzene ring substituents is 1. The van der Waals surface area contributed by atoms with Crippen molar-refractivity contribution < 1.29 is 19.2 Å². The highest BCUT2D eigenvalue weighted by molar-refractivity contribution is 7.81. The van der Waals surface area contributed by atoms with E-state index in [-0.39, 0.29) is 47.7 Å². The molecule has 2 aliphatic rings. The Bertz CT molecular complexity index is 896. The maximum Gasteiger partial charge on any atom is 0.313 e. The molecule has 11 heteroatoms. The minimum absolute atomic E-state index is 0.00370.